The number of nitrogens with zero attached hydrogens (tertiary/aromatic N) is 6. The molecule has 180 valence electrons. The molecular weight excluding hydrogens is 440 g/mol. The number of hydrogen-bond donors (Lipinski definition) is 2. The summed E-state index contributed by atoms with van der Waals surface area (Å²) in [5, 5.41) is 17.3. The number of tetrazole rings is 1. The number of carbonyl (C=O) groups is 1. The number of rotatable bonds is 7. The summed E-state index contributed by atoms with van der Waals surface area (Å²) in [4.78, 5) is 19.1. The third kappa shape index (κ3) is 4.66. The van der Waals surface area contributed by atoms with Gasteiger partial charge in [0.15, 0.2) is 0 Å². The van der Waals surface area contributed by atoms with E-state index in [2.05, 4.69) is 67.8 Å². The second kappa shape index (κ2) is 10.1. The molecule has 5 rings (SSSR count). The van der Waals surface area contributed by atoms with Crippen molar-refractivity contribution in [3.05, 3.63) is 71.3 Å². The number of unbranched alkanes of at least 4 members (excludes halogenated alkanes) is 1. The standard InChI is InChI=1S/C26H30N8O/c1-3-4-9-24-28-22-14-15-33(26(35)27-2)17-23(22)34(24)16-18-10-12-19(13-11-18)20-7-5-6-8-21(20)25-29-31-32-30-25/h5-8,10-13H,3-4,9,14-17H2,1-2H3,(H,27,35)(H,29,30,31,32). The second-order valence-corrected chi connectivity index (χ2v) is 8.82. The molecule has 1 aliphatic heterocycles. The lowest BCUT2D eigenvalue weighted by atomic mass is 9.98. The van der Waals surface area contributed by atoms with Crippen molar-refractivity contribution >= 4 is 6.03 Å². The van der Waals surface area contributed by atoms with Gasteiger partial charge < -0.3 is 14.8 Å². The maximum absolute atomic E-state index is 12.3. The van der Waals surface area contributed by atoms with Gasteiger partial charge in [0, 0.05) is 38.5 Å². The number of hydrogen-bond acceptors (Lipinski definition) is 5. The number of nitrogens with one attached hydrogen (secondary N) is 2. The number of fused-ring (bicyclic) bond motifs is 1. The van der Waals surface area contributed by atoms with Crippen LogP contribution in [0.3, 0.4) is 0 Å². The van der Waals surface area contributed by atoms with Gasteiger partial charge in [0.05, 0.1) is 17.9 Å². The molecule has 2 aromatic heterocycles. The first-order valence-electron chi connectivity index (χ1n) is 12.1. The van der Waals surface area contributed by atoms with Gasteiger partial charge in [-0.2, -0.15) is 5.21 Å². The predicted octanol–water partition coefficient (Wildman–Crippen LogP) is 3.82. The van der Waals surface area contributed by atoms with E-state index in [9.17, 15) is 4.79 Å². The predicted molar refractivity (Wildman–Crippen MR) is 134 cm³/mol. The Morgan fingerprint density at radius 2 is 1.91 bits per heavy atom. The van der Waals surface area contributed by atoms with Gasteiger partial charge in [-0.3, -0.25) is 0 Å². The van der Waals surface area contributed by atoms with Gasteiger partial charge in [0.2, 0.25) is 5.82 Å². The summed E-state index contributed by atoms with van der Waals surface area (Å²) in [5.41, 5.74) is 6.57. The summed E-state index contributed by atoms with van der Waals surface area (Å²) in [6, 6.07) is 16.6. The molecule has 0 atom stereocenters. The zero-order valence-electron chi connectivity index (χ0n) is 20.2. The van der Waals surface area contributed by atoms with E-state index in [1.807, 2.05) is 23.1 Å². The molecule has 0 bridgehead atoms. The van der Waals surface area contributed by atoms with Gasteiger partial charge in [-0.1, -0.05) is 61.9 Å². The van der Waals surface area contributed by atoms with Crippen LogP contribution in [0.4, 0.5) is 4.79 Å². The van der Waals surface area contributed by atoms with Crippen LogP contribution in [-0.4, -0.2) is 54.7 Å². The second-order valence-electron chi connectivity index (χ2n) is 8.82. The van der Waals surface area contributed by atoms with E-state index in [1.165, 1.54) is 5.56 Å². The summed E-state index contributed by atoms with van der Waals surface area (Å²) in [7, 11) is 1.68. The lowest BCUT2D eigenvalue weighted by Crippen LogP contribution is -2.41. The third-order valence-electron chi connectivity index (χ3n) is 6.57. The topological polar surface area (TPSA) is 105 Å². The monoisotopic (exact) mass is 470 g/mol. The minimum absolute atomic E-state index is 0.0388. The molecule has 35 heavy (non-hydrogen) atoms. The first-order valence-corrected chi connectivity index (χ1v) is 12.1. The van der Waals surface area contributed by atoms with E-state index in [-0.39, 0.29) is 6.03 Å². The summed E-state index contributed by atoms with van der Waals surface area (Å²) in [6.07, 6.45) is 3.96. The SMILES string of the molecule is CCCCc1nc2c(n1Cc1ccc(-c3ccccc3-c3nn[nH]n3)cc1)CN(C(=O)NC)CC2. The van der Waals surface area contributed by atoms with Crippen LogP contribution in [0.25, 0.3) is 22.5 Å². The highest BCUT2D eigenvalue weighted by Crippen LogP contribution is 2.30. The normalized spacial score (nSPS) is 13.0. The summed E-state index contributed by atoms with van der Waals surface area (Å²) < 4.78 is 2.32. The molecule has 3 heterocycles. The molecule has 0 spiro atoms. The zero-order valence-corrected chi connectivity index (χ0v) is 20.2. The fourth-order valence-corrected chi connectivity index (χ4v) is 4.69. The number of benzene rings is 2. The molecule has 2 aromatic carbocycles. The van der Waals surface area contributed by atoms with Crippen molar-refractivity contribution in [3.8, 4) is 22.5 Å². The number of H-pyrrole nitrogens is 1. The maximum atomic E-state index is 12.3. The van der Waals surface area contributed by atoms with Crippen LogP contribution in [0.1, 0.15) is 42.5 Å². The van der Waals surface area contributed by atoms with Gasteiger partial charge in [0.1, 0.15) is 5.82 Å². The minimum atomic E-state index is -0.0388. The van der Waals surface area contributed by atoms with Crippen molar-refractivity contribution in [2.45, 2.75) is 45.7 Å². The number of aromatic amines is 1. The zero-order chi connectivity index (χ0) is 24.2. The van der Waals surface area contributed by atoms with Crippen LogP contribution in [0.15, 0.2) is 48.5 Å². The van der Waals surface area contributed by atoms with Crippen molar-refractivity contribution in [1.29, 1.82) is 0 Å². The Hall–Kier alpha value is -4.01. The summed E-state index contributed by atoms with van der Waals surface area (Å²) >= 11 is 0. The highest BCUT2D eigenvalue weighted by molar-refractivity contribution is 5.80. The smallest absolute Gasteiger partial charge is 0.317 e. The van der Waals surface area contributed by atoms with E-state index in [4.69, 9.17) is 4.98 Å². The van der Waals surface area contributed by atoms with Gasteiger partial charge in [-0.15, -0.1) is 10.2 Å². The van der Waals surface area contributed by atoms with Gasteiger partial charge in [-0.25, -0.2) is 9.78 Å². The Balaban J connectivity index is 1.43. The highest BCUT2D eigenvalue weighted by atomic mass is 16.2. The first-order chi connectivity index (χ1) is 17.2. The lowest BCUT2D eigenvalue weighted by Gasteiger charge is -2.27. The van der Waals surface area contributed by atoms with Crippen molar-refractivity contribution in [2.24, 2.45) is 0 Å². The Morgan fingerprint density at radius 3 is 2.63 bits per heavy atom. The molecule has 0 saturated carbocycles. The fraction of sp³-hybridized carbons (Fsp3) is 0.346. The maximum Gasteiger partial charge on any atom is 0.317 e. The van der Waals surface area contributed by atoms with E-state index in [0.29, 0.717) is 18.9 Å². The van der Waals surface area contributed by atoms with Crippen LogP contribution in [0.2, 0.25) is 0 Å². The van der Waals surface area contributed by atoms with E-state index in [0.717, 1.165) is 66.1 Å². The quantitative estimate of drug-likeness (QED) is 0.427. The molecule has 9 nitrogen and oxygen atoms in total. The molecule has 2 N–H and O–H groups in total. The largest absolute Gasteiger partial charge is 0.341 e. The molecule has 0 aliphatic carbocycles. The number of aryl methyl sites for hydroxylation is 1. The number of carbonyl (C=O) groups excluding carboxylic acids is 1. The molecule has 9 heteroatoms. The van der Waals surface area contributed by atoms with Crippen LogP contribution in [0.5, 0.6) is 0 Å². The summed E-state index contributed by atoms with van der Waals surface area (Å²) in [6.45, 7) is 4.22. The average Bonchev–Trinajstić information content (AvgIpc) is 3.56. The molecule has 1 aliphatic rings. The van der Waals surface area contributed by atoms with Gasteiger partial charge in [-0.05, 0) is 28.3 Å². The number of imidazole rings is 1. The summed E-state index contributed by atoms with van der Waals surface area (Å²) in [5.74, 6) is 1.69. The number of urea groups is 1. The molecule has 0 fully saturated rings. The Bertz CT molecular complexity index is 1290. The van der Waals surface area contributed by atoms with E-state index < -0.39 is 0 Å². The van der Waals surface area contributed by atoms with Gasteiger partial charge in [0.25, 0.3) is 0 Å². The molecule has 2 amide bonds. The van der Waals surface area contributed by atoms with Crippen LogP contribution in [-0.2, 0) is 25.9 Å². The van der Waals surface area contributed by atoms with Crippen LogP contribution in [0, 0.1) is 0 Å². The molecule has 0 radical (unpaired) electrons. The highest BCUT2D eigenvalue weighted by Gasteiger charge is 2.26. The molecule has 4 aromatic rings. The van der Waals surface area contributed by atoms with Crippen LogP contribution < -0.4 is 5.32 Å². The Labute approximate surface area is 204 Å². The fourth-order valence-electron chi connectivity index (χ4n) is 4.69. The number of amides is 2. The first kappa shape index (κ1) is 22.8. The van der Waals surface area contributed by atoms with Crippen molar-refractivity contribution in [3.63, 3.8) is 0 Å². The van der Waals surface area contributed by atoms with E-state index >= 15 is 0 Å². The van der Waals surface area contributed by atoms with Crippen molar-refractivity contribution < 1.29 is 4.79 Å². The average molecular weight is 471 g/mol. The number of aromatic nitrogens is 6. The molecular formula is C26H30N8O. The molecule has 0 saturated heterocycles. The van der Waals surface area contributed by atoms with Crippen LogP contribution >= 0.6 is 0 Å². The Morgan fingerprint density at radius 1 is 1.11 bits per heavy atom. The Kier molecular flexibility index (Phi) is 6.56. The van der Waals surface area contributed by atoms with Crippen molar-refractivity contribution in [2.75, 3.05) is 13.6 Å². The van der Waals surface area contributed by atoms with Gasteiger partial charge >= 0.3 is 6.03 Å². The van der Waals surface area contributed by atoms with E-state index in [1.54, 1.807) is 7.05 Å². The third-order valence-corrected chi connectivity index (χ3v) is 6.57. The minimum Gasteiger partial charge on any atom is -0.341 e. The molecule has 0 unspecified atom stereocenters. The lowest BCUT2D eigenvalue weighted by molar-refractivity contribution is 0.192. The van der Waals surface area contributed by atoms with Crippen molar-refractivity contribution in [1.82, 2.24) is 40.4 Å².